The van der Waals surface area contributed by atoms with Crippen LogP contribution in [0.5, 0.6) is 34.5 Å². The van der Waals surface area contributed by atoms with Gasteiger partial charge in [-0.15, -0.1) is 0 Å². The molecule has 448 valence electrons. The average molecular weight is 1190 g/mol. The fourth-order valence-corrected chi connectivity index (χ4v) is 9.49. The van der Waals surface area contributed by atoms with Crippen molar-refractivity contribution in [3.05, 3.63) is 225 Å². The van der Waals surface area contributed by atoms with Crippen LogP contribution in [0.4, 0.5) is 20.2 Å². The first kappa shape index (κ1) is 60.0. The number of aromatic nitrogens is 6. The molecule has 0 saturated carbocycles. The third kappa shape index (κ3) is 13.2. The number of halogens is 2. The highest BCUT2D eigenvalue weighted by Crippen LogP contribution is 2.35. The summed E-state index contributed by atoms with van der Waals surface area (Å²) in [6.07, 6.45) is 4.84. The first-order valence-electron chi connectivity index (χ1n) is 27.5. The van der Waals surface area contributed by atoms with E-state index in [1.807, 2.05) is 12.1 Å². The summed E-state index contributed by atoms with van der Waals surface area (Å²) in [5.41, 5.74) is -0.445. The molecule has 10 rings (SSSR count). The van der Waals surface area contributed by atoms with Crippen LogP contribution in [0.25, 0.3) is 33.2 Å². The zero-order valence-corrected chi connectivity index (χ0v) is 48.9. The Hall–Kier alpha value is -11.2. The summed E-state index contributed by atoms with van der Waals surface area (Å²) < 4.78 is 72.1. The van der Waals surface area contributed by atoms with Gasteiger partial charge in [0.05, 0.1) is 33.8 Å². The molecule has 22 heteroatoms. The van der Waals surface area contributed by atoms with E-state index in [2.05, 4.69) is 20.6 Å². The van der Waals surface area contributed by atoms with E-state index >= 15 is 8.78 Å². The van der Waals surface area contributed by atoms with E-state index in [1.54, 1.807) is 162 Å². The van der Waals surface area contributed by atoms with Gasteiger partial charge < -0.3 is 39.1 Å². The van der Waals surface area contributed by atoms with Gasteiger partial charge in [-0.05, 0) is 126 Å². The smallest absolute Gasteiger partial charge is 0.331 e. The minimum atomic E-state index is -1.18. The second-order valence-corrected chi connectivity index (χ2v) is 21.5. The van der Waals surface area contributed by atoms with E-state index in [9.17, 15) is 28.8 Å². The molecule has 4 heterocycles. The Kier molecular flexibility index (Phi) is 16.9. The number of nitrogens with zero attached hydrogens (tertiary/aromatic N) is 6. The van der Waals surface area contributed by atoms with Crippen LogP contribution in [0, 0.1) is 25.5 Å². The molecule has 2 amide bonds. The van der Waals surface area contributed by atoms with Gasteiger partial charge in [0.15, 0.2) is 23.1 Å². The van der Waals surface area contributed by atoms with Gasteiger partial charge in [-0.1, -0.05) is 36.4 Å². The van der Waals surface area contributed by atoms with Crippen LogP contribution in [0.15, 0.2) is 180 Å². The Morgan fingerprint density at radius 2 is 0.898 bits per heavy atom. The Labute approximate surface area is 501 Å². The number of hydrogen-bond donors (Lipinski definition) is 2. The Balaban J connectivity index is 0.682. The molecule has 0 unspecified atom stereocenters. The number of para-hydroxylation sites is 2. The van der Waals surface area contributed by atoms with Gasteiger partial charge in [0.25, 0.3) is 22.9 Å². The lowest BCUT2D eigenvalue weighted by molar-refractivity contribution is -0.155. The van der Waals surface area contributed by atoms with Crippen LogP contribution >= 0.6 is 0 Å². The van der Waals surface area contributed by atoms with Gasteiger partial charge in [0.2, 0.25) is 0 Å². The van der Waals surface area contributed by atoms with E-state index in [-0.39, 0.29) is 58.7 Å². The van der Waals surface area contributed by atoms with Crippen molar-refractivity contribution >= 4 is 56.9 Å². The van der Waals surface area contributed by atoms with E-state index in [0.717, 1.165) is 24.3 Å². The number of amides is 2. The number of carbonyl (C=O) groups is 4. The highest BCUT2D eigenvalue weighted by molar-refractivity contribution is 6.06. The van der Waals surface area contributed by atoms with Crippen molar-refractivity contribution in [2.24, 2.45) is 14.1 Å². The number of carbonyl (C=O) groups excluding carboxylic acids is 4. The summed E-state index contributed by atoms with van der Waals surface area (Å²) in [7, 11) is 3.34. The lowest BCUT2D eigenvalue weighted by atomic mass is 10.1. The Morgan fingerprint density at radius 3 is 1.27 bits per heavy atom. The molecule has 20 nitrogen and oxygen atoms in total. The highest BCUT2D eigenvalue weighted by atomic mass is 19.1. The van der Waals surface area contributed by atoms with Crippen molar-refractivity contribution in [2.45, 2.75) is 52.7 Å². The van der Waals surface area contributed by atoms with E-state index < -0.39 is 57.7 Å². The van der Waals surface area contributed by atoms with E-state index in [4.69, 9.17) is 28.4 Å². The molecule has 0 atom stereocenters. The molecule has 0 bridgehead atoms. The molecule has 2 N–H and O–H groups in total. The maximum Gasteiger partial charge on any atom is 0.331 e. The Morgan fingerprint density at radius 1 is 0.511 bits per heavy atom. The quantitative estimate of drug-likeness (QED) is 0.0535. The maximum absolute atomic E-state index is 15.5. The molecule has 0 saturated heterocycles. The van der Waals surface area contributed by atoms with Crippen molar-refractivity contribution in [1.29, 1.82) is 0 Å². The SMILES string of the molecule is Cc1c(C(=O)Nc2ccc(Oc3ccnc4cc(OCC(C)(C)OC(=O)/C=C\C(=O)OC(C)(C)COc5ccc6c(Oc7ccc(NC(=O)c8c(C)n(C)n(-c9ccccc9)c8=O)cc7F)ccnc6c5)ccc34)c(F)c2)c(=O)n(-c2ccccc2)n1C. The van der Waals surface area contributed by atoms with Crippen LogP contribution in [0.2, 0.25) is 0 Å². The van der Waals surface area contributed by atoms with Crippen LogP contribution in [0.1, 0.15) is 59.8 Å². The maximum atomic E-state index is 15.5. The van der Waals surface area contributed by atoms with Crippen molar-refractivity contribution in [1.82, 2.24) is 28.7 Å². The first-order valence-corrected chi connectivity index (χ1v) is 27.5. The topological polar surface area (TPSA) is 227 Å². The largest absolute Gasteiger partial charge is 0.489 e. The first-order chi connectivity index (χ1) is 42.0. The van der Waals surface area contributed by atoms with Crippen LogP contribution in [-0.2, 0) is 33.2 Å². The number of ether oxygens (including phenoxy) is 6. The highest BCUT2D eigenvalue weighted by Gasteiger charge is 2.28. The molecule has 0 radical (unpaired) electrons. The zero-order valence-electron chi connectivity index (χ0n) is 48.9. The number of esters is 2. The fourth-order valence-electron chi connectivity index (χ4n) is 9.49. The number of pyridine rings is 2. The van der Waals surface area contributed by atoms with Gasteiger partial charge in [-0.25, -0.2) is 27.7 Å². The second kappa shape index (κ2) is 24.8. The molecule has 10 aromatic rings. The summed E-state index contributed by atoms with van der Waals surface area (Å²) >= 11 is 0. The molecular weight excluding hydrogens is 1130 g/mol. The molecule has 0 aliphatic heterocycles. The molecule has 88 heavy (non-hydrogen) atoms. The van der Waals surface area contributed by atoms with Crippen molar-refractivity contribution in [3.63, 3.8) is 0 Å². The second-order valence-electron chi connectivity index (χ2n) is 21.5. The molecular formula is C66H58F2N8O12. The zero-order chi connectivity index (χ0) is 62.6. The number of fused-ring (bicyclic) bond motifs is 2. The normalized spacial score (nSPS) is 11.6. The summed E-state index contributed by atoms with van der Waals surface area (Å²) in [4.78, 5) is 88.1. The van der Waals surface area contributed by atoms with Gasteiger partial charge >= 0.3 is 11.9 Å². The predicted molar refractivity (Wildman–Crippen MR) is 324 cm³/mol. The number of nitrogens with one attached hydrogen (secondary N) is 2. The molecule has 4 aromatic heterocycles. The van der Waals surface area contributed by atoms with E-state index in [0.29, 0.717) is 56.1 Å². The fraction of sp³-hybridized carbons (Fsp3) is 0.182. The molecule has 0 spiro atoms. The lowest BCUT2D eigenvalue weighted by Gasteiger charge is -2.25. The summed E-state index contributed by atoms with van der Waals surface area (Å²) in [5.74, 6) is -3.58. The Bertz CT molecular complexity index is 4230. The van der Waals surface area contributed by atoms with Crippen LogP contribution in [0.3, 0.4) is 0 Å². The van der Waals surface area contributed by atoms with Crippen molar-refractivity contribution in [2.75, 3.05) is 23.8 Å². The average Bonchev–Trinajstić information content (AvgIpc) is 1.86. The third-order valence-electron chi connectivity index (χ3n) is 14.0. The minimum Gasteiger partial charge on any atom is -0.489 e. The molecule has 0 aliphatic carbocycles. The minimum absolute atomic E-state index is 0.0829. The van der Waals surface area contributed by atoms with Crippen LogP contribution < -0.4 is 40.7 Å². The van der Waals surface area contributed by atoms with Gasteiger partial charge in [0.1, 0.15) is 58.5 Å². The number of anilines is 2. The third-order valence-corrected chi connectivity index (χ3v) is 14.0. The number of hydrogen-bond acceptors (Lipinski definition) is 14. The molecule has 0 aliphatic rings. The van der Waals surface area contributed by atoms with E-state index in [1.165, 1.54) is 46.0 Å². The van der Waals surface area contributed by atoms with Gasteiger partial charge in [0, 0.05) is 85.1 Å². The van der Waals surface area contributed by atoms with Crippen LogP contribution in [-0.4, -0.2) is 76.9 Å². The molecule has 0 fully saturated rings. The lowest BCUT2D eigenvalue weighted by Crippen LogP contribution is -2.35. The standard InChI is InChI=1S/C66H58F2N8O12/c1-39-59(63(81)75(73(39)7)43-15-11-9-12-16-43)61(79)71-41-19-25-55(49(67)33-41)85-53-29-31-69-51-35-45(21-23-47(51)53)83-37-65(3,4)87-57(77)27-28-58(78)88-66(5,6)38-84-46-22-24-48-52(36-46)70-32-30-54(48)86-56-26-20-42(34-50(56)68)72-62(80)60-40(2)74(8)76(64(60)82)44-17-13-10-14-18-44/h9-36H,37-38H2,1-8H3,(H,71,79)(H,72,80)/b28-27-. The number of rotatable bonds is 20. The van der Waals surface area contributed by atoms with Crippen molar-refractivity contribution < 1.29 is 56.4 Å². The predicted octanol–water partition coefficient (Wildman–Crippen LogP) is 11.4. The monoisotopic (exact) mass is 1190 g/mol. The molecule has 6 aromatic carbocycles. The van der Waals surface area contributed by atoms with Gasteiger partial charge in [-0.2, -0.15) is 0 Å². The van der Waals surface area contributed by atoms with Crippen molar-refractivity contribution in [3.8, 4) is 45.9 Å². The summed E-state index contributed by atoms with van der Waals surface area (Å²) in [6.45, 7) is 9.59. The van der Waals surface area contributed by atoms with Gasteiger partial charge in [-0.3, -0.25) is 38.5 Å². The summed E-state index contributed by atoms with van der Waals surface area (Å²) in [5, 5.41) is 6.29. The number of benzene rings is 6. The summed E-state index contributed by atoms with van der Waals surface area (Å²) in [6, 6.07) is 38.6.